The van der Waals surface area contributed by atoms with Gasteiger partial charge in [-0.15, -0.1) is 0 Å². The molecule has 0 N–H and O–H groups in total. The topological polar surface area (TPSA) is 27.7 Å². The van der Waals surface area contributed by atoms with Crippen LogP contribution in [0.25, 0.3) is 0 Å². The average molecular weight is 549 g/mol. The molecule has 0 saturated heterocycles. The second kappa shape index (κ2) is 21.4. The normalized spacial score (nSPS) is 15.2. The number of hydrogen-bond acceptors (Lipinski definition) is 3. The van der Waals surface area contributed by atoms with E-state index in [0.29, 0.717) is 38.1 Å². The van der Waals surface area contributed by atoms with Gasteiger partial charge in [0.1, 0.15) is 12.3 Å². The Bertz CT molecular complexity index is 432. The molecule has 230 valence electrons. The largest absolute Gasteiger partial charge is 0.379 e. The molecule has 0 heterocycles. The second-order valence-corrected chi connectivity index (χ2v) is 12.1. The van der Waals surface area contributed by atoms with Crippen LogP contribution in [0.3, 0.4) is 0 Å². The van der Waals surface area contributed by atoms with Gasteiger partial charge in [0, 0.05) is 31.5 Å². The number of alkyl halides is 4. The molecule has 0 saturated carbocycles. The van der Waals surface area contributed by atoms with E-state index in [4.69, 9.17) is 14.2 Å². The van der Waals surface area contributed by atoms with Crippen molar-refractivity contribution in [2.24, 2.45) is 29.6 Å². The zero-order valence-corrected chi connectivity index (χ0v) is 25.9. The van der Waals surface area contributed by atoms with Gasteiger partial charge in [0.05, 0.1) is 12.7 Å². The van der Waals surface area contributed by atoms with Crippen LogP contribution in [-0.4, -0.2) is 50.0 Å². The average Bonchev–Trinajstić information content (AvgIpc) is 2.67. The summed E-state index contributed by atoms with van der Waals surface area (Å²) in [7, 11) is 0. The van der Waals surface area contributed by atoms with E-state index in [9.17, 15) is 17.6 Å². The standard InChI is InChI=1S/2C10H21FO.C9H18F2O.CH4/c1-8(2)10(5,11)6-7-12-9(3)4;1-8(2)6-7-12-10(5,11)9(3)4;1-7(2)5-12-6-9(10,11)8(3)4;/h2*8-9H,6-7H2,1-5H3;7-8H,5-6H2,1-4H3;1H4. The lowest BCUT2D eigenvalue weighted by Crippen LogP contribution is -2.30. The molecule has 0 aliphatic heterocycles. The summed E-state index contributed by atoms with van der Waals surface area (Å²) < 4.78 is 68.1. The van der Waals surface area contributed by atoms with Gasteiger partial charge >= 0.3 is 0 Å². The smallest absolute Gasteiger partial charge is 0.273 e. The summed E-state index contributed by atoms with van der Waals surface area (Å²) in [5.41, 5.74) is -1.09. The lowest BCUT2D eigenvalue weighted by atomic mass is 9.91. The predicted octanol–water partition coefficient (Wildman–Crippen LogP) is 10.2. The number of rotatable bonds is 15. The highest BCUT2D eigenvalue weighted by Gasteiger charge is 2.33. The molecule has 7 heteroatoms. The van der Waals surface area contributed by atoms with Crippen LogP contribution in [0.4, 0.5) is 17.6 Å². The van der Waals surface area contributed by atoms with E-state index in [1.54, 1.807) is 6.92 Å². The second-order valence-electron chi connectivity index (χ2n) is 12.1. The molecule has 2 atom stereocenters. The first-order valence-corrected chi connectivity index (χ1v) is 13.7. The monoisotopic (exact) mass is 548 g/mol. The fourth-order valence-electron chi connectivity index (χ4n) is 2.04. The first kappa shape index (κ1) is 43.6. The maximum atomic E-state index is 13.6. The van der Waals surface area contributed by atoms with E-state index < -0.39 is 30.0 Å². The summed E-state index contributed by atoms with van der Waals surface area (Å²) >= 11 is 0. The van der Waals surface area contributed by atoms with Gasteiger partial charge in [-0.3, -0.25) is 0 Å². The van der Waals surface area contributed by atoms with Crippen LogP contribution in [-0.2, 0) is 14.2 Å². The zero-order chi connectivity index (χ0) is 29.3. The highest BCUT2D eigenvalue weighted by Crippen LogP contribution is 2.26. The molecule has 0 aromatic rings. The van der Waals surface area contributed by atoms with Crippen molar-refractivity contribution >= 4 is 0 Å². The van der Waals surface area contributed by atoms with Gasteiger partial charge < -0.3 is 14.2 Å². The minimum absolute atomic E-state index is 0. The lowest BCUT2D eigenvalue weighted by Gasteiger charge is -2.25. The maximum absolute atomic E-state index is 13.6. The van der Waals surface area contributed by atoms with Gasteiger partial charge in [0.2, 0.25) is 5.85 Å². The summed E-state index contributed by atoms with van der Waals surface area (Å²) in [5, 5.41) is 0. The predicted molar refractivity (Wildman–Crippen MR) is 152 cm³/mol. The molecule has 3 nitrogen and oxygen atoms in total. The van der Waals surface area contributed by atoms with Gasteiger partial charge in [-0.2, -0.15) is 0 Å². The van der Waals surface area contributed by atoms with Gasteiger partial charge in [-0.05, 0) is 51.9 Å². The van der Waals surface area contributed by atoms with E-state index >= 15 is 0 Å². The maximum Gasteiger partial charge on any atom is 0.273 e. The van der Waals surface area contributed by atoms with Crippen molar-refractivity contribution < 1.29 is 31.8 Å². The Hall–Kier alpha value is -0.400. The first-order valence-electron chi connectivity index (χ1n) is 13.7. The molecule has 0 rings (SSSR count). The van der Waals surface area contributed by atoms with Crippen molar-refractivity contribution in [3.8, 4) is 0 Å². The molecule has 0 bridgehead atoms. The minimum atomic E-state index is -2.69. The third kappa shape index (κ3) is 27.0. The van der Waals surface area contributed by atoms with Crippen molar-refractivity contribution in [2.75, 3.05) is 26.4 Å². The van der Waals surface area contributed by atoms with E-state index in [0.717, 1.165) is 6.42 Å². The zero-order valence-electron chi connectivity index (χ0n) is 25.9. The molecule has 0 aromatic carbocycles. The Labute approximate surface area is 228 Å². The van der Waals surface area contributed by atoms with E-state index in [1.165, 1.54) is 20.8 Å². The van der Waals surface area contributed by atoms with Crippen molar-refractivity contribution in [1.82, 2.24) is 0 Å². The third-order valence-corrected chi connectivity index (χ3v) is 5.95. The molecule has 0 aliphatic rings. The van der Waals surface area contributed by atoms with Gasteiger partial charge in [-0.1, -0.05) is 76.7 Å². The summed E-state index contributed by atoms with van der Waals surface area (Å²) in [6.45, 7) is 26.6. The summed E-state index contributed by atoms with van der Waals surface area (Å²) in [4.78, 5) is 0. The molecular formula is C30H64F4O3. The third-order valence-electron chi connectivity index (χ3n) is 5.95. The Morgan fingerprint density at radius 3 is 1.46 bits per heavy atom. The van der Waals surface area contributed by atoms with Crippen molar-refractivity contribution in [1.29, 1.82) is 0 Å². The molecule has 0 spiro atoms. The number of halogens is 4. The molecular weight excluding hydrogens is 484 g/mol. The SMILES string of the molecule is C.CC(C)CCOC(C)(F)C(C)C.CC(C)COCC(F)(F)C(C)C.CC(C)OCCC(C)(F)C(C)C. The fourth-order valence-corrected chi connectivity index (χ4v) is 2.04. The van der Waals surface area contributed by atoms with Crippen LogP contribution in [0.1, 0.15) is 117 Å². The van der Waals surface area contributed by atoms with Crippen LogP contribution in [0.15, 0.2) is 0 Å². The van der Waals surface area contributed by atoms with Crippen molar-refractivity contribution in [3.05, 3.63) is 0 Å². The molecule has 0 radical (unpaired) electrons. The Morgan fingerprint density at radius 1 is 0.649 bits per heavy atom. The van der Waals surface area contributed by atoms with Gasteiger partial charge in [-0.25, -0.2) is 17.6 Å². The Kier molecular flexibility index (Phi) is 25.3. The summed E-state index contributed by atoms with van der Waals surface area (Å²) in [5.74, 6) is -3.92. The molecule has 37 heavy (non-hydrogen) atoms. The van der Waals surface area contributed by atoms with Gasteiger partial charge in [0.15, 0.2) is 0 Å². The molecule has 0 aliphatic carbocycles. The van der Waals surface area contributed by atoms with E-state index in [1.807, 2.05) is 55.4 Å². The van der Waals surface area contributed by atoms with Crippen LogP contribution in [0, 0.1) is 29.6 Å². The minimum Gasteiger partial charge on any atom is -0.379 e. The molecule has 0 amide bonds. The van der Waals surface area contributed by atoms with Crippen LogP contribution in [0.2, 0.25) is 0 Å². The summed E-state index contributed by atoms with van der Waals surface area (Å²) in [6, 6.07) is 0. The van der Waals surface area contributed by atoms with Gasteiger partial charge in [0.25, 0.3) is 5.92 Å². The Balaban J connectivity index is -0.000000218. The summed E-state index contributed by atoms with van der Waals surface area (Å²) in [6.07, 6.45) is 1.61. The highest BCUT2D eigenvalue weighted by molar-refractivity contribution is 4.76. The number of ether oxygens (including phenoxy) is 3. The Morgan fingerprint density at radius 2 is 1.14 bits per heavy atom. The van der Waals surface area contributed by atoms with Crippen molar-refractivity contribution in [3.63, 3.8) is 0 Å². The fraction of sp³-hybridized carbons (Fsp3) is 1.00. The van der Waals surface area contributed by atoms with Crippen LogP contribution < -0.4 is 0 Å². The molecule has 0 aromatic heterocycles. The van der Waals surface area contributed by atoms with E-state index in [-0.39, 0.29) is 25.4 Å². The van der Waals surface area contributed by atoms with Crippen LogP contribution in [0.5, 0.6) is 0 Å². The highest BCUT2D eigenvalue weighted by atomic mass is 19.3. The molecule has 0 fully saturated rings. The lowest BCUT2D eigenvalue weighted by molar-refractivity contribution is -0.162. The van der Waals surface area contributed by atoms with Crippen LogP contribution >= 0.6 is 0 Å². The van der Waals surface area contributed by atoms with Crippen molar-refractivity contribution in [2.45, 2.75) is 141 Å². The molecule has 2 unspecified atom stereocenters. The first-order chi connectivity index (χ1) is 16.1. The quantitative estimate of drug-likeness (QED) is 0.191. The number of hydrogen-bond donors (Lipinski definition) is 0. The van der Waals surface area contributed by atoms with E-state index in [2.05, 4.69) is 13.8 Å².